The fraction of sp³-hybridized carbons (Fsp3) is 0.533. The molecule has 0 fully saturated rings. The number of ether oxygens (including phenoxy) is 1. The van der Waals surface area contributed by atoms with Crippen LogP contribution in [0.3, 0.4) is 0 Å². The van der Waals surface area contributed by atoms with E-state index < -0.39 is 5.97 Å². The summed E-state index contributed by atoms with van der Waals surface area (Å²) in [6.45, 7) is 9.33. The second-order valence-corrected chi connectivity index (χ2v) is 6.32. The number of rotatable bonds is 5. The van der Waals surface area contributed by atoms with Crippen LogP contribution in [0.1, 0.15) is 38.1 Å². The van der Waals surface area contributed by atoms with E-state index in [1.807, 2.05) is 0 Å². The fourth-order valence-electron chi connectivity index (χ4n) is 1.60. The molecule has 0 saturated carbocycles. The monoisotopic (exact) mass is 298 g/mol. The van der Waals surface area contributed by atoms with Crippen molar-refractivity contribution in [2.24, 2.45) is 11.3 Å². The van der Waals surface area contributed by atoms with E-state index in [0.717, 1.165) is 0 Å². The predicted molar refractivity (Wildman–Crippen MR) is 84.3 cm³/mol. The molecule has 0 amide bonds. The van der Waals surface area contributed by atoms with Gasteiger partial charge < -0.3 is 15.8 Å². The second-order valence-electron chi connectivity index (χ2n) is 5.91. The fourth-order valence-corrected chi connectivity index (χ4v) is 1.89. The molecule has 0 aliphatic rings. The first-order valence-electron chi connectivity index (χ1n) is 6.60. The average Bonchev–Trinajstić information content (AvgIpc) is 2.35. The van der Waals surface area contributed by atoms with Crippen molar-refractivity contribution < 1.29 is 9.53 Å². The van der Waals surface area contributed by atoms with E-state index in [2.05, 4.69) is 33.0 Å². The van der Waals surface area contributed by atoms with Crippen LogP contribution in [-0.2, 0) is 4.74 Å². The highest BCUT2D eigenvalue weighted by atomic mass is 35.5. The quantitative estimate of drug-likeness (QED) is 0.641. The second kappa shape index (κ2) is 6.35. The van der Waals surface area contributed by atoms with Crippen LogP contribution >= 0.6 is 11.6 Å². The molecule has 0 radical (unpaired) electrons. The Balaban J connectivity index is 3.08. The third-order valence-electron chi connectivity index (χ3n) is 3.80. The molecule has 3 N–H and O–H groups in total. The standard InChI is InChI=1S/C15H23ClN2O2/c1-9(2)15(3,4)8-18-13-11(14(19)20-5)6-10(17)7-12(13)16/h6-7,9,18H,8,17H2,1-5H3. The number of hydrogen-bond donors (Lipinski definition) is 2. The maximum absolute atomic E-state index is 11.8. The van der Waals surface area contributed by atoms with Crippen LogP contribution in [-0.4, -0.2) is 19.6 Å². The van der Waals surface area contributed by atoms with Gasteiger partial charge >= 0.3 is 5.97 Å². The number of esters is 1. The van der Waals surface area contributed by atoms with Gasteiger partial charge in [0.15, 0.2) is 0 Å². The number of nitrogen functional groups attached to an aromatic ring is 1. The van der Waals surface area contributed by atoms with Crippen LogP contribution in [0.5, 0.6) is 0 Å². The maximum atomic E-state index is 11.8. The smallest absolute Gasteiger partial charge is 0.340 e. The third-order valence-corrected chi connectivity index (χ3v) is 4.10. The molecular weight excluding hydrogens is 276 g/mol. The minimum atomic E-state index is -0.455. The highest BCUT2D eigenvalue weighted by molar-refractivity contribution is 6.34. The van der Waals surface area contributed by atoms with Crippen molar-refractivity contribution in [3.8, 4) is 0 Å². The van der Waals surface area contributed by atoms with E-state index in [0.29, 0.717) is 34.4 Å². The molecule has 20 heavy (non-hydrogen) atoms. The molecular formula is C15H23ClN2O2. The van der Waals surface area contributed by atoms with Crippen LogP contribution in [0.25, 0.3) is 0 Å². The van der Waals surface area contributed by atoms with Crippen LogP contribution in [0.15, 0.2) is 12.1 Å². The predicted octanol–water partition coefficient (Wildman–Crippen LogP) is 3.80. The number of methoxy groups -OCH3 is 1. The molecule has 5 heteroatoms. The molecule has 0 atom stereocenters. The molecule has 4 nitrogen and oxygen atoms in total. The lowest BCUT2D eigenvalue weighted by molar-refractivity contribution is 0.0601. The number of nitrogens with two attached hydrogens (primary N) is 1. The molecule has 1 rings (SSSR count). The largest absolute Gasteiger partial charge is 0.465 e. The van der Waals surface area contributed by atoms with Crippen molar-refractivity contribution in [3.05, 3.63) is 22.7 Å². The van der Waals surface area contributed by atoms with Crippen molar-refractivity contribution in [3.63, 3.8) is 0 Å². The number of anilines is 2. The van der Waals surface area contributed by atoms with Gasteiger partial charge in [0.05, 0.1) is 23.4 Å². The summed E-state index contributed by atoms with van der Waals surface area (Å²) in [5.41, 5.74) is 7.16. The topological polar surface area (TPSA) is 64.3 Å². The zero-order valence-corrected chi connectivity index (χ0v) is 13.5. The summed E-state index contributed by atoms with van der Waals surface area (Å²) in [4.78, 5) is 11.8. The van der Waals surface area contributed by atoms with Crippen molar-refractivity contribution in [1.29, 1.82) is 0 Å². The highest BCUT2D eigenvalue weighted by Crippen LogP contribution is 2.32. The van der Waals surface area contributed by atoms with Crippen LogP contribution in [0.2, 0.25) is 5.02 Å². The molecule has 0 saturated heterocycles. The van der Waals surface area contributed by atoms with Gasteiger partial charge in [0.2, 0.25) is 0 Å². The van der Waals surface area contributed by atoms with Crippen molar-refractivity contribution in [1.82, 2.24) is 0 Å². The van der Waals surface area contributed by atoms with E-state index in [-0.39, 0.29) is 5.41 Å². The lowest BCUT2D eigenvalue weighted by Gasteiger charge is -2.30. The Morgan fingerprint density at radius 2 is 2.05 bits per heavy atom. The molecule has 112 valence electrons. The van der Waals surface area contributed by atoms with Crippen LogP contribution < -0.4 is 11.1 Å². The van der Waals surface area contributed by atoms with Gasteiger partial charge in [-0.15, -0.1) is 0 Å². The number of carbonyl (C=O) groups is 1. The molecule has 0 unspecified atom stereocenters. The molecule has 1 aromatic carbocycles. The summed E-state index contributed by atoms with van der Waals surface area (Å²) >= 11 is 6.19. The Hall–Kier alpha value is -1.42. The Morgan fingerprint density at radius 3 is 2.55 bits per heavy atom. The molecule has 0 heterocycles. The molecule has 0 aliphatic carbocycles. The van der Waals surface area contributed by atoms with E-state index in [9.17, 15) is 4.79 Å². The van der Waals surface area contributed by atoms with Gasteiger partial charge in [0.1, 0.15) is 0 Å². The maximum Gasteiger partial charge on any atom is 0.340 e. The van der Waals surface area contributed by atoms with Gasteiger partial charge in [0, 0.05) is 12.2 Å². The number of halogens is 1. The molecule has 0 aliphatic heterocycles. The summed E-state index contributed by atoms with van der Waals surface area (Å²) < 4.78 is 4.77. The van der Waals surface area contributed by atoms with E-state index in [4.69, 9.17) is 22.1 Å². The summed E-state index contributed by atoms with van der Waals surface area (Å²) in [6.07, 6.45) is 0. The van der Waals surface area contributed by atoms with Gasteiger partial charge in [-0.1, -0.05) is 39.3 Å². The average molecular weight is 299 g/mol. The highest BCUT2D eigenvalue weighted by Gasteiger charge is 2.24. The number of nitrogens with one attached hydrogen (secondary N) is 1. The summed E-state index contributed by atoms with van der Waals surface area (Å²) in [6, 6.07) is 3.20. The Kier molecular flexibility index (Phi) is 5.28. The van der Waals surface area contributed by atoms with Crippen molar-refractivity contribution in [2.75, 3.05) is 24.7 Å². The minimum absolute atomic E-state index is 0.0676. The van der Waals surface area contributed by atoms with Crippen LogP contribution in [0.4, 0.5) is 11.4 Å². The first kappa shape index (κ1) is 16.6. The normalized spacial score (nSPS) is 11.6. The van der Waals surface area contributed by atoms with Gasteiger partial charge in [-0.25, -0.2) is 4.79 Å². The minimum Gasteiger partial charge on any atom is -0.465 e. The molecule has 0 spiro atoms. The Bertz CT molecular complexity index is 499. The summed E-state index contributed by atoms with van der Waals surface area (Å²) in [5, 5.41) is 3.68. The van der Waals surface area contributed by atoms with Gasteiger partial charge in [-0.3, -0.25) is 0 Å². The molecule has 0 aromatic heterocycles. The number of carbonyl (C=O) groups excluding carboxylic acids is 1. The zero-order chi connectivity index (χ0) is 15.5. The Morgan fingerprint density at radius 1 is 1.45 bits per heavy atom. The summed E-state index contributed by atoms with van der Waals surface area (Å²) in [5.74, 6) is 0.0354. The summed E-state index contributed by atoms with van der Waals surface area (Å²) in [7, 11) is 1.33. The van der Waals surface area contributed by atoms with Gasteiger partial charge in [-0.05, 0) is 23.5 Å². The van der Waals surface area contributed by atoms with Crippen molar-refractivity contribution >= 4 is 28.9 Å². The number of benzene rings is 1. The van der Waals surface area contributed by atoms with E-state index >= 15 is 0 Å². The lowest BCUT2D eigenvalue weighted by Crippen LogP contribution is -2.29. The first-order valence-corrected chi connectivity index (χ1v) is 6.98. The van der Waals surface area contributed by atoms with Gasteiger partial charge in [-0.2, -0.15) is 0 Å². The van der Waals surface area contributed by atoms with Crippen LogP contribution in [0, 0.1) is 11.3 Å². The SMILES string of the molecule is COC(=O)c1cc(N)cc(Cl)c1NCC(C)(C)C(C)C. The zero-order valence-electron chi connectivity index (χ0n) is 12.7. The lowest BCUT2D eigenvalue weighted by atomic mass is 9.81. The van der Waals surface area contributed by atoms with Gasteiger partial charge in [0.25, 0.3) is 0 Å². The molecule has 0 bridgehead atoms. The van der Waals surface area contributed by atoms with E-state index in [1.54, 1.807) is 12.1 Å². The third kappa shape index (κ3) is 3.79. The van der Waals surface area contributed by atoms with E-state index in [1.165, 1.54) is 7.11 Å². The first-order chi connectivity index (χ1) is 9.19. The number of hydrogen-bond acceptors (Lipinski definition) is 4. The Labute approximate surface area is 125 Å². The van der Waals surface area contributed by atoms with Crippen molar-refractivity contribution in [2.45, 2.75) is 27.7 Å². The molecule has 1 aromatic rings.